The summed E-state index contributed by atoms with van der Waals surface area (Å²) in [5.41, 5.74) is -0.830. The molecule has 102 valence electrons. The summed E-state index contributed by atoms with van der Waals surface area (Å²) < 4.78 is 0. The van der Waals surface area contributed by atoms with Gasteiger partial charge in [-0.05, 0) is 31.6 Å². The Morgan fingerprint density at radius 3 is 2.33 bits per heavy atom. The summed E-state index contributed by atoms with van der Waals surface area (Å²) >= 11 is 0. The van der Waals surface area contributed by atoms with Crippen LogP contribution in [0.4, 0.5) is 0 Å². The van der Waals surface area contributed by atoms with Crippen molar-refractivity contribution in [3.8, 4) is 0 Å². The van der Waals surface area contributed by atoms with E-state index >= 15 is 0 Å². The summed E-state index contributed by atoms with van der Waals surface area (Å²) in [7, 11) is 0. The number of amides is 1. The number of hydrogen-bond donors (Lipinski definition) is 3. The second-order valence-electron chi connectivity index (χ2n) is 5.76. The number of rotatable bonds is 5. The lowest BCUT2D eigenvalue weighted by atomic mass is 9.81. The van der Waals surface area contributed by atoms with E-state index in [0.717, 1.165) is 25.7 Å². The predicted molar refractivity (Wildman–Crippen MR) is 64.9 cm³/mol. The number of nitrogens with one attached hydrogen (secondary N) is 1. The molecule has 0 aromatic rings. The number of carboxylic acids is 1. The van der Waals surface area contributed by atoms with Crippen molar-refractivity contribution in [2.45, 2.75) is 51.0 Å². The van der Waals surface area contributed by atoms with Crippen LogP contribution < -0.4 is 5.32 Å². The Morgan fingerprint density at radius 2 is 1.83 bits per heavy atom. The zero-order valence-electron chi connectivity index (χ0n) is 10.5. The fourth-order valence-corrected chi connectivity index (χ4v) is 3.01. The third-order valence-electron chi connectivity index (χ3n) is 4.31. The molecule has 0 heterocycles. The first-order chi connectivity index (χ1) is 8.52. The molecule has 0 radical (unpaired) electrons. The number of carbonyl (C=O) groups excluding carboxylic acids is 1. The highest BCUT2D eigenvalue weighted by Gasteiger charge is 2.43. The van der Waals surface area contributed by atoms with Gasteiger partial charge < -0.3 is 15.5 Å². The monoisotopic (exact) mass is 255 g/mol. The minimum atomic E-state index is -0.839. The molecule has 3 N–H and O–H groups in total. The van der Waals surface area contributed by atoms with Crippen LogP contribution in [0, 0.1) is 11.3 Å². The standard InChI is InChI=1S/C13H21NO4/c15-10-5-9(6-10)8-14-11(16)7-13(12(17)18)3-1-2-4-13/h9-10,15H,1-8H2,(H,14,16)(H,17,18). The summed E-state index contributed by atoms with van der Waals surface area (Å²) in [6.45, 7) is 0.561. The quantitative estimate of drug-likeness (QED) is 0.681. The van der Waals surface area contributed by atoms with Crippen molar-refractivity contribution >= 4 is 11.9 Å². The number of carboxylic acid groups (broad SMARTS) is 1. The van der Waals surface area contributed by atoms with Crippen LogP contribution >= 0.6 is 0 Å². The minimum Gasteiger partial charge on any atom is -0.481 e. The molecule has 0 unspecified atom stereocenters. The van der Waals surface area contributed by atoms with Gasteiger partial charge in [0.1, 0.15) is 0 Å². The molecule has 1 amide bonds. The van der Waals surface area contributed by atoms with Crippen molar-refractivity contribution in [3.63, 3.8) is 0 Å². The molecule has 5 nitrogen and oxygen atoms in total. The number of carbonyl (C=O) groups is 2. The van der Waals surface area contributed by atoms with Gasteiger partial charge in [-0.1, -0.05) is 12.8 Å². The molecule has 5 heteroatoms. The van der Waals surface area contributed by atoms with Crippen molar-refractivity contribution in [3.05, 3.63) is 0 Å². The summed E-state index contributed by atoms with van der Waals surface area (Å²) in [5.74, 6) is -0.650. The van der Waals surface area contributed by atoms with Crippen molar-refractivity contribution in [1.82, 2.24) is 5.32 Å². The highest BCUT2D eigenvalue weighted by atomic mass is 16.4. The van der Waals surface area contributed by atoms with E-state index in [9.17, 15) is 14.7 Å². The Labute approximate surface area is 107 Å². The largest absolute Gasteiger partial charge is 0.481 e. The molecule has 2 saturated carbocycles. The summed E-state index contributed by atoms with van der Waals surface area (Å²) in [6.07, 6.45) is 4.37. The fourth-order valence-electron chi connectivity index (χ4n) is 3.01. The van der Waals surface area contributed by atoms with Gasteiger partial charge in [-0.2, -0.15) is 0 Å². The van der Waals surface area contributed by atoms with E-state index in [0.29, 0.717) is 25.3 Å². The highest BCUT2D eigenvalue weighted by molar-refractivity contribution is 5.85. The highest BCUT2D eigenvalue weighted by Crippen LogP contribution is 2.41. The molecule has 0 spiro atoms. The van der Waals surface area contributed by atoms with E-state index in [1.807, 2.05) is 0 Å². The second-order valence-corrected chi connectivity index (χ2v) is 5.76. The maximum Gasteiger partial charge on any atom is 0.310 e. The Kier molecular flexibility index (Phi) is 3.90. The van der Waals surface area contributed by atoms with Gasteiger partial charge in [0.15, 0.2) is 0 Å². The lowest BCUT2D eigenvalue weighted by Gasteiger charge is -2.31. The number of hydrogen-bond acceptors (Lipinski definition) is 3. The molecule has 0 aliphatic heterocycles. The maximum absolute atomic E-state index is 11.8. The molecular weight excluding hydrogens is 234 g/mol. The first kappa shape index (κ1) is 13.3. The van der Waals surface area contributed by atoms with Crippen LogP contribution in [0.3, 0.4) is 0 Å². The summed E-state index contributed by atoms with van der Waals surface area (Å²) in [5, 5.41) is 21.2. The molecule has 2 aliphatic carbocycles. The molecule has 0 atom stereocenters. The molecule has 0 aromatic carbocycles. The minimum absolute atomic E-state index is 0.0948. The lowest BCUT2D eigenvalue weighted by molar-refractivity contribution is -0.151. The Bertz CT molecular complexity index is 330. The van der Waals surface area contributed by atoms with E-state index < -0.39 is 11.4 Å². The maximum atomic E-state index is 11.8. The van der Waals surface area contributed by atoms with Crippen LogP contribution in [0.5, 0.6) is 0 Å². The van der Waals surface area contributed by atoms with Crippen LogP contribution in [0.15, 0.2) is 0 Å². The van der Waals surface area contributed by atoms with E-state index in [-0.39, 0.29) is 18.4 Å². The van der Waals surface area contributed by atoms with Crippen LogP contribution in [0.2, 0.25) is 0 Å². The van der Waals surface area contributed by atoms with Gasteiger partial charge in [-0.3, -0.25) is 9.59 Å². The Balaban J connectivity index is 1.77. The van der Waals surface area contributed by atoms with E-state index in [1.54, 1.807) is 0 Å². The third kappa shape index (κ3) is 2.83. The van der Waals surface area contributed by atoms with E-state index in [2.05, 4.69) is 5.32 Å². The van der Waals surface area contributed by atoms with Crippen molar-refractivity contribution in [2.24, 2.45) is 11.3 Å². The smallest absolute Gasteiger partial charge is 0.310 e. The average molecular weight is 255 g/mol. The van der Waals surface area contributed by atoms with Gasteiger partial charge in [-0.15, -0.1) is 0 Å². The normalized spacial score (nSPS) is 29.6. The number of aliphatic carboxylic acids is 1. The van der Waals surface area contributed by atoms with Crippen LogP contribution in [-0.2, 0) is 9.59 Å². The molecule has 2 rings (SSSR count). The third-order valence-corrected chi connectivity index (χ3v) is 4.31. The second kappa shape index (κ2) is 5.26. The van der Waals surface area contributed by atoms with Gasteiger partial charge in [-0.25, -0.2) is 0 Å². The topological polar surface area (TPSA) is 86.6 Å². The van der Waals surface area contributed by atoms with Gasteiger partial charge in [0.2, 0.25) is 5.91 Å². The van der Waals surface area contributed by atoms with Crippen LogP contribution in [0.25, 0.3) is 0 Å². The molecular formula is C13H21NO4. The predicted octanol–water partition coefficient (Wildman–Crippen LogP) is 0.909. The van der Waals surface area contributed by atoms with Gasteiger partial charge in [0, 0.05) is 13.0 Å². The first-order valence-electron chi connectivity index (χ1n) is 6.70. The fraction of sp³-hybridized carbons (Fsp3) is 0.846. The Hall–Kier alpha value is -1.10. The molecule has 0 aromatic heterocycles. The van der Waals surface area contributed by atoms with Crippen molar-refractivity contribution in [1.29, 1.82) is 0 Å². The SMILES string of the molecule is O=C(CC1(C(=O)O)CCCC1)NCC1CC(O)C1. The zero-order chi connectivity index (χ0) is 13.2. The van der Waals surface area contributed by atoms with Crippen LogP contribution in [0.1, 0.15) is 44.9 Å². The van der Waals surface area contributed by atoms with Crippen molar-refractivity contribution in [2.75, 3.05) is 6.54 Å². The molecule has 0 bridgehead atoms. The summed E-state index contributed by atoms with van der Waals surface area (Å²) in [4.78, 5) is 23.1. The van der Waals surface area contributed by atoms with Gasteiger partial charge in [0.05, 0.1) is 11.5 Å². The molecule has 2 aliphatic rings. The van der Waals surface area contributed by atoms with E-state index in [4.69, 9.17) is 5.11 Å². The average Bonchev–Trinajstić information content (AvgIpc) is 2.72. The lowest BCUT2D eigenvalue weighted by Crippen LogP contribution is -2.41. The molecule has 2 fully saturated rings. The van der Waals surface area contributed by atoms with Crippen molar-refractivity contribution < 1.29 is 19.8 Å². The molecule has 0 saturated heterocycles. The Morgan fingerprint density at radius 1 is 1.22 bits per heavy atom. The number of aliphatic hydroxyl groups is 1. The molecule has 18 heavy (non-hydrogen) atoms. The van der Waals surface area contributed by atoms with Crippen LogP contribution in [-0.4, -0.2) is 34.7 Å². The van der Waals surface area contributed by atoms with Gasteiger partial charge >= 0.3 is 5.97 Å². The van der Waals surface area contributed by atoms with Gasteiger partial charge in [0.25, 0.3) is 0 Å². The number of aliphatic hydroxyl groups excluding tert-OH is 1. The zero-order valence-corrected chi connectivity index (χ0v) is 10.5. The van der Waals surface area contributed by atoms with E-state index in [1.165, 1.54) is 0 Å². The first-order valence-corrected chi connectivity index (χ1v) is 6.70. The summed E-state index contributed by atoms with van der Waals surface area (Å²) in [6, 6.07) is 0.